The molecule has 0 spiro atoms. The Labute approximate surface area is 103 Å². The predicted octanol–water partition coefficient (Wildman–Crippen LogP) is 0.171. The fourth-order valence-corrected chi connectivity index (χ4v) is 1.49. The van der Waals surface area contributed by atoms with Crippen molar-refractivity contribution in [2.75, 3.05) is 6.54 Å². The van der Waals surface area contributed by atoms with Crippen LogP contribution in [0.1, 0.15) is 5.56 Å². The van der Waals surface area contributed by atoms with E-state index >= 15 is 0 Å². The summed E-state index contributed by atoms with van der Waals surface area (Å²) >= 11 is 0. The molecule has 0 bridgehead atoms. The Morgan fingerprint density at radius 1 is 1.39 bits per heavy atom. The first-order valence-corrected chi connectivity index (χ1v) is 5.46. The summed E-state index contributed by atoms with van der Waals surface area (Å²) in [6.07, 6.45) is 1.81. The molecule has 2 aromatic rings. The number of hydrogen-bond acceptors (Lipinski definition) is 4. The lowest BCUT2D eigenvalue weighted by molar-refractivity contribution is -0.121. The lowest BCUT2D eigenvalue weighted by Gasteiger charge is -2.05. The van der Waals surface area contributed by atoms with Gasteiger partial charge in [-0.25, -0.2) is 9.07 Å². The van der Waals surface area contributed by atoms with E-state index in [2.05, 4.69) is 20.8 Å². The summed E-state index contributed by atoms with van der Waals surface area (Å²) in [6, 6.07) is 6.50. The molecule has 0 saturated heterocycles. The van der Waals surface area contributed by atoms with Gasteiger partial charge in [-0.15, -0.1) is 5.10 Å². The summed E-state index contributed by atoms with van der Waals surface area (Å²) in [7, 11) is 0. The number of amides is 1. The van der Waals surface area contributed by atoms with E-state index in [-0.39, 0.29) is 18.3 Å². The van der Waals surface area contributed by atoms with E-state index in [0.29, 0.717) is 18.5 Å². The SMILES string of the molecule is O=C(Cn1cnnn1)NCCc1ccccc1F. The summed E-state index contributed by atoms with van der Waals surface area (Å²) in [5.74, 6) is -0.467. The van der Waals surface area contributed by atoms with Gasteiger partial charge < -0.3 is 5.32 Å². The van der Waals surface area contributed by atoms with Crippen molar-refractivity contribution in [3.05, 3.63) is 42.0 Å². The molecule has 1 aromatic heterocycles. The lowest BCUT2D eigenvalue weighted by Crippen LogP contribution is -2.29. The fourth-order valence-electron chi connectivity index (χ4n) is 1.49. The monoisotopic (exact) mass is 249 g/mol. The third kappa shape index (κ3) is 3.34. The van der Waals surface area contributed by atoms with Crippen molar-refractivity contribution in [1.29, 1.82) is 0 Å². The van der Waals surface area contributed by atoms with Crippen LogP contribution in [0.25, 0.3) is 0 Å². The van der Waals surface area contributed by atoms with Crippen LogP contribution >= 0.6 is 0 Å². The van der Waals surface area contributed by atoms with Gasteiger partial charge in [0.15, 0.2) is 0 Å². The van der Waals surface area contributed by atoms with Gasteiger partial charge in [0.05, 0.1) is 0 Å². The highest BCUT2D eigenvalue weighted by Gasteiger charge is 2.04. The summed E-state index contributed by atoms with van der Waals surface area (Å²) in [5, 5.41) is 13.1. The molecular formula is C11H12FN5O. The number of rotatable bonds is 5. The van der Waals surface area contributed by atoms with E-state index in [0.717, 1.165) is 0 Å². The molecule has 18 heavy (non-hydrogen) atoms. The van der Waals surface area contributed by atoms with Crippen molar-refractivity contribution in [2.45, 2.75) is 13.0 Å². The summed E-state index contributed by atoms with van der Waals surface area (Å²) in [6.45, 7) is 0.437. The summed E-state index contributed by atoms with van der Waals surface area (Å²) in [4.78, 5) is 11.5. The molecule has 0 fully saturated rings. The van der Waals surface area contributed by atoms with Crippen LogP contribution in [0.2, 0.25) is 0 Å². The van der Waals surface area contributed by atoms with Gasteiger partial charge in [-0.3, -0.25) is 4.79 Å². The second kappa shape index (κ2) is 5.85. The molecule has 1 amide bonds. The molecule has 0 radical (unpaired) electrons. The molecule has 0 unspecified atom stereocenters. The molecule has 1 heterocycles. The van der Waals surface area contributed by atoms with Crippen LogP contribution in [-0.4, -0.2) is 32.7 Å². The molecule has 0 aliphatic carbocycles. The standard InChI is InChI=1S/C11H12FN5O/c12-10-4-2-1-3-9(10)5-6-13-11(18)7-17-8-14-15-16-17/h1-4,8H,5-7H2,(H,13,18). The van der Waals surface area contributed by atoms with Crippen molar-refractivity contribution in [3.63, 3.8) is 0 Å². The van der Waals surface area contributed by atoms with Gasteiger partial charge >= 0.3 is 0 Å². The first-order chi connectivity index (χ1) is 8.75. The maximum atomic E-state index is 13.3. The Bertz CT molecular complexity index is 514. The van der Waals surface area contributed by atoms with Crippen LogP contribution in [0, 0.1) is 5.82 Å². The highest BCUT2D eigenvalue weighted by atomic mass is 19.1. The van der Waals surface area contributed by atoms with Crippen molar-refractivity contribution in [3.8, 4) is 0 Å². The lowest BCUT2D eigenvalue weighted by atomic mass is 10.1. The van der Waals surface area contributed by atoms with Crippen molar-refractivity contribution in [1.82, 2.24) is 25.5 Å². The maximum Gasteiger partial charge on any atom is 0.241 e. The van der Waals surface area contributed by atoms with Crippen molar-refractivity contribution < 1.29 is 9.18 Å². The van der Waals surface area contributed by atoms with Crippen molar-refractivity contribution >= 4 is 5.91 Å². The molecule has 0 aliphatic rings. The van der Waals surface area contributed by atoms with E-state index in [1.54, 1.807) is 18.2 Å². The molecule has 1 N–H and O–H groups in total. The minimum absolute atomic E-state index is 0.0598. The number of aromatic nitrogens is 4. The number of nitrogens with zero attached hydrogens (tertiary/aromatic N) is 4. The zero-order chi connectivity index (χ0) is 12.8. The van der Waals surface area contributed by atoms with Gasteiger partial charge in [-0.2, -0.15) is 0 Å². The highest BCUT2D eigenvalue weighted by Crippen LogP contribution is 2.05. The minimum atomic E-state index is -0.257. The third-order valence-corrected chi connectivity index (χ3v) is 2.37. The Kier molecular flexibility index (Phi) is 3.95. The number of hydrogen-bond donors (Lipinski definition) is 1. The van der Waals surface area contributed by atoms with Gasteiger partial charge in [0, 0.05) is 6.54 Å². The normalized spacial score (nSPS) is 10.3. The Hall–Kier alpha value is -2.31. The topological polar surface area (TPSA) is 72.7 Å². The quantitative estimate of drug-likeness (QED) is 0.820. The second-order valence-electron chi connectivity index (χ2n) is 3.70. The van der Waals surface area contributed by atoms with Crippen LogP contribution in [-0.2, 0) is 17.8 Å². The van der Waals surface area contributed by atoms with Gasteiger partial charge in [0.25, 0.3) is 0 Å². The fraction of sp³-hybridized carbons (Fsp3) is 0.273. The molecule has 94 valence electrons. The second-order valence-corrected chi connectivity index (χ2v) is 3.70. The number of carbonyl (C=O) groups excluding carboxylic acids is 1. The molecule has 1 aromatic carbocycles. The molecule has 0 atom stereocenters. The van der Waals surface area contributed by atoms with Gasteiger partial charge in [-0.05, 0) is 28.5 Å². The van der Waals surface area contributed by atoms with E-state index in [9.17, 15) is 9.18 Å². The Morgan fingerprint density at radius 3 is 2.94 bits per heavy atom. The van der Waals surface area contributed by atoms with E-state index < -0.39 is 0 Å². The molecule has 7 heteroatoms. The van der Waals surface area contributed by atoms with Crippen LogP contribution in [0.5, 0.6) is 0 Å². The molecular weight excluding hydrogens is 237 g/mol. The number of tetrazole rings is 1. The van der Waals surface area contributed by atoms with E-state index in [1.165, 1.54) is 17.1 Å². The average Bonchev–Trinajstić information content (AvgIpc) is 2.84. The Morgan fingerprint density at radius 2 is 2.22 bits per heavy atom. The maximum absolute atomic E-state index is 13.3. The van der Waals surface area contributed by atoms with Crippen LogP contribution in [0.3, 0.4) is 0 Å². The average molecular weight is 249 g/mol. The number of carbonyl (C=O) groups is 1. The van der Waals surface area contributed by atoms with Crippen LogP contribution in [0.15, 0.2) is 30.6 Å². The minimum Gasteiger partial charge on any atom is -0.354 e. The molecule has 0 saturated carbocycles. The molecule has 6 nitrogen and oxygen atoms in total. The Balaban J connectivity index is 1.75. The first-order valence-electron chi connectivity index (χ1n) is 5.46. The molecule has 2 rings (SSSR count). The van der Waals surface area contributed by atoms with Gasteiger partial charge in [0.2, 0.25) is 5.91 Å². The number of benzene rings is 1. The third-order valence-electron chi connectivity index (χ3n) is 2.37. The smallest absolute Gasteiger partial charge is 0.241 e. The zero-order valence-corrected chi connectivity index (χ0v) is 9.58. The summed E-state index contributed by atoms with van der Waals surface area (Å²) < 4.78 is 14.6. The number of halogens is 1. The van der Waals surface area contributed by atoms with Gasteiger partial charge in [-0.1, -0.05) is 18.2 Å². The van der Waals surface area contributed by atoms with E-state index in [4.69, 9.17) is 0 Å². The van der Waals surface area contributed by atoms with Crippen LogP contribution < -0.4 is 5.32 Å². The predicted molar refractivity (Wildman–Crippen MR) is 60.9 cm³/mol. The highest BCUT2D eigenvalue weighted by molar-refractivity contribution is 5.75. The first kappa shape index (κ1) is 12.2. The van der Waals surface area contributed by atoms with Crippen molar-refractivity contribution in [2.24, 2.45) is 0 Å². The summed E-state index contributed by atoms with van der Waals surface area (Å²) in [5.41, 5.74) is 0.584. The van der Waals surface area contributed by atoms with Crippen LogP contribution in [0.4, 0.5) is 4.39 Å². The van der Waals surface area contributed by atoms with Gasteiger partial charge in [0.1, 0.15) is 18.7 Å². The van der Waals surface area contributed by atoms with E-state index in [1.807, 2.05) is 0 Å². The largest absolute Gasteiger partial charge is 0.354 e. The molecule has 0 aliphatic heterocycles. The number of nitrogens with one attached hydrogen (secondary N) is 1. The zero-order valence-electron chi connectivity index (χ0n) is 9.58.